The van der Waals surface area contributed by atoms with Crippen LogP contribution in [0.2, 0.25) is 0 Å². The summed E-state index contributed by atoms with van der Waals surface area (Å²) >= 11 is 0. The molecule has 0 aliphatic heterocycles. The summed E-state index contributed by atoms with van der Waals surface area (Å²) in [4.78, 5) is 23.4. The maximum Gasteiger partial charge on any atom is 0.413 e. The van der Waals surface area contributed by atoms with Crippen molar-refractivity contribution in [2.24, 2.45) is 9.98 Å². The van der Waals surface area contributed by atoms with Gasteiger partial charge in [-0.25, -0.2) is 9.98 Å². The van der Waals surface area contributed by atoms with E-state index < -0.39 is 17.8 Å². The Balaban J connectivity index is 2.20. The Bertz CT molecular complexity index is 999. The van der Waals surface area contributed by atoms with Gasteiger partial charge in [-0.2, -0.15) is 28.2 Å². The lowest BCUT2D eigenvalue weighted by Gasteiger charge is -2.28. The molecule has 0 bridgehead atoms. The fraction of sp³-hybridized carbons (Fsp3) is 0.381. The monoisotopic (exact) mass is 450 g/mol. The third-order valence-electron chi connectivity index (χ3n) is 4.63. The van der Waals surface area contributed by atoms with Crippen molar-refractivity contribution >= 4 is 18.6 Å². The Labute approximate surface area is 184 Å². The Kier molecular flexibility index (Phi) is 8.27. The van der Waals surface area contributed by atoms with Crippen LogP contribution in [0, 0.1) is 6.92 Å². The van der Waals surface area contributed by atoms with E-state index in [1.807, 2.05) is 19.9 Å². The SMILES string of the molecule is C=NC(=N/C=C(\C)C(F)(F)F)OC[C@H](C)N(CC)C(=O)c1cccc(C)c1-n1nccn1. The number of nitrogens with zero attached hydrogens (tertiary/aromatic N) is 6. The summed E-state index contributed by atoms with van der Waals surface area (Å²) < 4.78 is 43.2. The average molecular weight is 450 g/mol. The first-order valence-corrected chi connectivity index (χ1v) is 9.78. The van der Waals surface area contributed by atoms with E-state index in [0.29, 0.717) is 24.0 Å². The first-order valence-electron chi connectivity index (χ1n) is 9.78. The maximum atomic E-state index is 13.3. The largest absolute Gasteiger partial charge is 0.461 e. The summed E-state index contributed by atoms with van der Waals surface area (Å²) in [6.07, 6.45) is -0.837. The van der Waals surface area contributed by atoms with E-state index in [1.165, 1.54) is 17.2 Å². The van der Waals surface area contributed by atoms with Gasteiger partial charge in [0, 0.05) is 18.3 Å². The second-order valence-electron chi connectivity index (χ2n) is 6.92. The molecular weight excluding hydrogens is 425 g/mol. The summed E-state index contributed by atoms with van der Waals surface area (Å²) in [5.74, 6) is -0.266. The normalized spacial score (nSPS) is 13.6. The third kappa shape index (κ3) is 6.02. The lowest BCUT2D eigenvalue weighted by molar-refractivity contribution is -0.0915. The van der Waals surface area contributed by atoms with Crippen LogP contribution >= 0.6 is 0 Å². The van der Waals surface area contributed by atoms with Crippen molar-refractivity contribution in [3.63, 3.8) is 0 Å². The zero-order valence-electron chi connectivity index (χ0n) is 18.3. The van der Waals surface area contributed by atoms with Crippen LogP contribution < -0.4 is 0 Å². The molecule has 0 aliphatic carbocycles. The molecule has 172 valence electrons. The number of alkyl halides is 3. The highest BCUT2D eigenvalue weighted by atomic mass is 19.4. The summed E-state index contributed by atoms with van der Waals surface area (Å²) in [6, 6.07) is 4.55. The number of amides is 1. The van der Waals surface area contributed by atoms with Crippen LogP contribution in [0.25, 0.3) is 5.69 Å². The van der Waals surface area contributed by atoms with E-state index in [9.17, 15) is 18.0 Å². The Hall–Kier alpha value is -3.50. The second-order valence-corrected chi connectivity index (χ2v) is 6.92. The van der Waals surface area contributed by atoms with Gasteiger partial charge in [0.1, 0.15) is 12.3 Å². The number of carbonyl (C=O) groups excluding carboxylic acids is 1. The van der Waals surface area contributed by atoms with E-state index in [-0.39, 0.29) is 18.5 Å². The molecule has 32 heavy (non-hydrogen) atoms. The molecule has 0 saturated carbocycles. The highest BCUT2D eigenvalue weighted by Crippen LogP contribution is 2.24. The number of aromatic nitrogens is 3. The first kappa shape index (κ1) is 24.8. The molecule has 1 aromatic carbocycles. The molecular formula is C21H25F3N6O2. The minimum atomic E-state index is -4.50. The number of rotatable bonds is 7. The van der Waals surface area contributed by atoms with Crippen molar-refractivity contribution in [3.8, 4) is 5.69 Å². The third-order valence-corrected chi connectivity index (χ3v) is 4.63. The van der Waals surface area contributed by atoms with Gasteiger partial charge in [-0.3, -0.25) is 4.79 Å². The van der Waals surface area contributed by atoms with E-state index in [4.69, 9.17) is 4.74 Å². The number of amidine groups is 1. The fourth-order valence-electron chi connectivity index (χ4n) is 2.87. The number of carbonyl (C=O) groups is 1. The second kappa shape index (κ2) is 10.7. The number of allylic oxidation sites excluding steroid dienone is 1. The van der Waals surface area contributed by atoms with Gasteiger partial charge in [0.05, 0.1) is 24.0 Å². The molecule has 11 heteroatoms. The van der Waals surface area contributed by atoms with Crippen LogP contribution in [0.1, 0.15) is 36.7 Å². The summed E-state index contributed by atoms with van der Waals surface area (Å²) in [5, 5.41) is 8.26. The number of hydrogen-bond acceptors (Lipinski definition) is 5. The molecule has 0 spiro atoms. The van der Waals surface area contributed by atoms with E-state index >= 15 is 0 Å². The first-order chi connectivity index (χ1) is 15.1. The summed E-state index contributed by atoms with van der Waals surface area (Å²) in [6.45, 7) is 9.89. The number of aryl methyl sites for hydroxylation is 1. The topological polar surface area (TPSA) is 85.0 Å². The lowest BCUT2D eigenvalue weighted by Crippen LogP contribution is -2.42. The molecule has 8 nitrogen and oxygen atoms in total. The molecule has 0 saturated heterocycles. The van der Waals surface area contributed by atoms with Crippen LogP contribution in [0.5, 0.6) is 0 Å². The molecule has 2 rings (SSSR count). The van der Waals surface area contributed by atoms with Crippen LogP contribution in [-0.4, -0.2) is 63.9 Å². The predicted octanol–water partition coefficient (Wildman–Crippen LogP) is 3.97. The Morgan fingerprint density at radius 2 is 2.00 bits per heavy atom. The zero-order chi connectivity index (χ0) is 23.9. The van der Waals surface area contributed by atoms with Gasteiger partial charge in [0.2, 0.25) is 0 Å². The predicted molar refractivity (Wildman–Crippen MR) is 115 cm³/mol. The quantitative estimate of drug-likeness (QED) is 0.472. The molecule has 1 amide bonds. The zero-order valence-corrected chi connectivity index (χ0v) is 18.3. The standard InChI is InChI=1S/C21H25F3N6O2/c1-6-29(16(4)13-32-20(25-5)26-12-15(3)21(22,23)24)19(31)17-9-7-8-14(2)18(17)30-27-10-11-28-30/h7-12,16H,5-6,13H2,1-4H3/b15-12+,26-20?/t16-/m0/s1. The highest BCUT2D eigenvalue weighted by molar-refractivity contribution is 5.98. The number of para-hydroxylation sites is 1. The molecule has 0 unspecified atom stereocenters. The minimum Gasteiger partial charge on any atom is -0.461 e. The van der Waals surface area contributed by atoms with E-state index in [1.54, 1.807) is 24.0 Å². The molecule has 1 atom stereocenters. The summed E-state index contributed by atoms with van der Waals surface area (Å²) in [7, 11) is 0. The van der Waals surface area contributed by atoms with Gasteiger partial charge < -0.3 is 9.64 Å². The van der Waals surface area contributed by atoms with E-state index in [0.717, 1.165) is 12.5 Å². The van der Waals surface area contributed by atoms with Crippen LogP contribution in [0.3, 0.4) is 0 Å². The number of ether oxygens (including phenoxy) is 1. The van der Waals surface area contributed by atoms with Crippen molar-refractivity contribution in [3.05, 3.63) is 53.5 Å². The van der Waals surface area contributed by atoms with Crippen molar-refractivity contribution in [2.75, 3.05) is 13.2 Å². The number of aliphatic imine (C=N–C) groups is 2. The van der Waals surface area contributed by atoms with Crippen LogP contribution in [0.4, 0.5) is 13.2 Å². The van der Waals surface area contributed by atoms with E-state index in [2.05, 4.69) is 26.9 Å². The Morgan fingerprint density at radius 1 is 1.34 bits per heavy atom. The van der Waals surface area contributed by atoms with Crippen molar-refractivity contribution < 1.29 is 22.7 Å². The van der Waals surface area contributed by atoms with Gasteiger partial charge >= 0.3 is 12.2 Å². The Morgan fingerprint density at radius 3 is 2.56 bits per heavy atom. The molecule has 2 aromatic rings. The van der Waals surface area contributed by atoms with Gasteiger partial charge in [-0.15, -0.1) is 0 Å². The molecule has 1 aromatic heterocycles. The van der Waals surface area contributed by atoms with Crippen LogP contribution in [-0.2, 0) is 4.74 Å². The molecule has 0 fully saturated rings. The van der Waals surface area contributed by atoms with Gasteiger partial charge in [-0.1, -0.05) is 12.1 Å². The number of hydrogen-bond donors (Lipinski definition) is 0. The van der Waals surface area contributed by atoms with Crippen molar-refractivity contribution in [1.82, 2.24) is 19.9 Å². The minimum absolute atomic E-state index is 0.0441. The number of benzene rings is 1. The van der Waals surface area contributed by atoms with Gasteiger partial charge in [0.15, 0.2) is 0 Å². The highest BCUT2D eigenvalue weighted by Gasteiger charge is 2.30. The lowest BCUT2D eigenvalue weighted by atomic mass is 10.1. The molecule has 1 heterocycles. The molecule has 0 N–H and O–H groups in total. The van der Waals surface area contributed by atoms with Gasteiger partial charge in [-0.05, 0) is 46.0 Å². The molecule has 0 radical (unpaired) electrons. The number of likely N-dealkylation sites (N-methyl/N-ethyl adjacent to an activating group) is 1. The van der Waals surface area contributed by atoms with Crippen molar-refractivity contribution in [2.45, 2.75) is 39.9 Å². The average Bonchev–Trinajstić information content (AvgIpc) is 3.27. The maximum absolute atomic E-state index is 13.3. The van der Waals surface area contributed by atoms with Gasteiger partial charge in [0.25, 0.3) is 5.91 Å². The number of halogens is 3. The van der Waals surface area contributed by atoms with Crippen molar-refractivity contribution in [1.29, 1.82) is 0 Å². The van der Waals surface area contributed by atoms with Crippen LogP contribution in [0.15, 0.2) is 52.4 Å². The molecule has 0 aliphatic rings. The fourth-order valence-corrected chi connectivity index (χ4v) is 2.87. The summed E-state index contributed by atoms with van der Waals surface area (Å²) in [5.41, 5.74) is 0.898. The smallest absolute Gasteiger partial charge is 0.413 e.